The SMILES string of the molecule is Cn1ncc2ccc(Nc3cccc(CC4COCCN4C4SC5=C(CC(C)(C)NC5=O)N4OC(=O)C(F)(F)F)c3)cc21. The van der Waals surface area contributed by atoms with E-state index in [1.165, 1.54) is 0 Å². The average molecular weight is 617 g/mol. The lowest BCUT2D eigenvalue weighted by Crippen LogP contribution is -2.56. The van der Waals surface area contributed by atoms with Crippen molar-refractivity contribution in [1.82, 2.24) is 25.1 Å². The zero-order valence-corrected chi connectivity index (χ0v) is 24.6. The number of hydroxylamine groups is 2. The number of carbonyl (C=O) groups excluding carboxylic acids is 2. The molecule has 228 valence electrons. The summed E-state index contributed by atoms with van der Waals surface area (Å²) in [6, 6.07) is 13.6. The molecular weight excluding hydrogens is 585 g/mol. The molecular formula is C29H31F3N6O4S. The zero-order valence-electron chi connectivity index (χ0n) is 23.8. The van der Waals surface area contributed by atoms with Gasteiger partial charge in [-0.15, -0.1) is 0 Å². The van der Waals surface area contributed by atoms with E-state index in [2.05, 4.69) is 15.7 Å². The molecule has 0 bridgehead atoms. The molecule has 0 saturated carbocycles. The normalized spacial score (nSPS) is 22.5. The van der Waals surface area contributed by atoms with Crippen molar-refractivity contribution >= 4 is 45.9 Å². The molecule has 0 radical (unpaired) electrons. The second-order valence-electron chi connectivity index (χ2n) is 11.5. The van der Waals surface area contributed by atoms with Crippen LogP contribution in [0.15, 0.2) is 59.3 Å². The Bertz CT molecular complexity index is 1610. The Morgan fingerprint density at radius 3 is 2.81 bits per heavy atom. The summed E-state index contributed by atoms with van der Waals surface area (Å²) in [6.45, 7) is 4.56. The number of benzene rings is 2. The largest absolute Gasteiger partial charge is 0.493 e. The number of aryl methyl sites for hydroxylation is 1. The van der Waals surface area contributed by atoms with Crippen LogP contribution in [0.2, 0.25) is 0 Å². The molecule has 0 aliphatic carbocycles. The number of ether oxygens (including phenoxy) is 1. The van der Waals surface area contributed by atoms with Gasteiger partial charge in [0.25, 0.3) is 5.91 Å². The first kappa shape index (κ1) is 29.3. The van der Waals surface area contributed by atoms with Gasteiger partial charge in [-0.25, -0.2) is 4.79 Å². The van der Waals surface area contributed by atoms with Crippen LogP contribution >= 0.6 is 11.8 Å². The van der Waals surface area contributed by atoms with Gasteiger partial charge in [-0.1, -0.05) is 23.9 Å². The molecule has 0 spiro atoms. The molecule has 3 aromatic rings. The number of carbonyl (C=O) groups is 2. The Morgan fingerprint density at radius 1 is 1.23 bits per heavy atom. The summed E-state index contributed by atoms with van der Waals surface area (Å²) < 4.78 is 47.5. The molecule has 1 saturated heterocycles. The van der Waals surface area contributed by atoms with Gasteiger partial charge in [-0.2, -0.15) is 23.3 Å². The fraction of sp³-hybridized carbons (Fsp3) is 0.414. The van der Waals surface area contributed by atoms with Gasteiger partial charge in [-0.3, -0.25) is 14.4 Å². The first-order chi connectivity index (χ1) is 20.4. The molecule has 4 heterocycles. The minimum absolute atomic E-state index is 0.204. The van der Waals surface area contributed by atoms with Crippen molar-refractivity contribution in [3.8, 4) is 0 Å². The summed E-state index contributed by atoms with van der Waals surface area (Å²) in [4.78, 5) is 32.2. The molecule has 10 nitrogen and oxygen atoms in total. The smallest absolute Gasteiger partial charge is 0.378 e. The number of aromatic nitrogens is 2. The molecule has 3 aliphatic heterocycles. The molecule has 2 unspecified atom stereocenters. The highest BCUT2D eigenvalue weighted by Gasteiger charge is 2.51. The highest BCUT2D eigenvalue weighted by Crippen LogP contribution is 2.46. The van der Waals surface area contributed by atoms with Crippen molar-refractivity contribution < 1.29 is 32.3 Å². The number of amides is 1. The summed E-state index contributed by atoms with van der Waals surface area (Å²) in [5.41, 5.74) is 2.42. The third-order valence-corrected chi connectivity index (χ3v) is 8.95. The van der Waals surface area contributed by atoms with Gasteiger partial charge in [0, 0.05) is 48.4 Å². The van der Waals surface area contributed by atoms with Crippen molar-refractivity contribution in [2.45, 2.75) is 49.9 Å². The Kier molecular flexibility index (Phi) is 7.55. The van der Waals surface area contributed by atoms with Crippen LogP contribution in [-0.2, 0) is 32.6 Å². The van der Waals surface area contributed by atoms with Crippen LogP contribution < -0.4 is 10.6 Å². The van der Waals surface area contributed by atoms with Gasteiger partial charge in [-0.05, 0) is 56.2 Å². The monoisotopic (exact) mass is 616 g/mol. The number of hydrogen-bond donors (Lipinski definition) is 2. The molecule has 2 aromatic carbocycles. The van der Waals surface area contributed by atoms with E-state index in [-0.39, 0.29) is 23.1 Å². The van der Waals surface area contributed by atoms with E-state index in [0.717, 1.165) is 44.7 Å². The van der Waals surface area contributed by atoms with Crippen LogP contribution in [0.1, 0.15) is 25.8 Å². The van der Waals surface area contributed by atoms with Crippen LogP contribution in [0.4, 0.5) is 24.5 Å². The second kappa shape index (κ2) is 11.1. The molecule has 1 fully saturated rings. The van der Waals surface area contributed by atoms with Crippen LogP contribution in [0.5, 0.6) is 0 Å². The number of fused-ring (bicyclic) bond motifs is 1. The lowest BCUT2D eigenvalue weighted by atomic mass is 9.94. The van der Waals surface area contributed by atoms with E-state index in [4.69, 9.17) is 9.57 Å². The Labute approximate surface area is 250 Å². The highest BCUT2D eigenvalue weighted by molar-refractivity contribution is 8.04. The highest BCUT2D eigenvalue weighted by atomic mass is 32.2. The number of nitrogens with one attached hydrogen (secondary N) is 2. The molecule has 2 atom stereocenters. The number of morpholine rings is 1. The number of anilines is 2. The van der Waals surface area contributed by atoms with E-state index in [1.54, 1.807) is 13.8 Å². The molecule has 1 aromatic heterocycles. The fourth-order valence-corrected chi connectivity index (χ4v) is 6.99. The maximum atomic E-state index is 13.3. The van der Waals surface area contributed by atoms with E-state index < -0.39 is 29.1 Å². The standard InChI is InChI=1S/C29H31F3N6O4S/c1-28(2)14-23-24(25(39)35-28)43-27(38(23)42-26(40)29(30,31)32)37-9-10-41-16-21(37)12-17-5-4-6-19(11-17)34-20-8-7-18-15-33-36(3)22(18)13-20/h4-8,11,13,15,21,27,34H,9-10,12,14,16H2,1-3H3,(H,35,39). The van der Waals surface area contributed by atoms with E-state index in [9.17, 15) is 22.8 Å². The summed E-state index contributed by atoms with van der Waals surface area (Å²) in [6.07, 6.45) is -2.67. The van der Waals surface area contributed by atoms with Crippen molar-refractivity contribution in [3.05, 3.63) is 64.8 Å². The lowest BCUT2D eigenvalue weighted by molar-refractivity contribution is -0.243. The Balaban J connectivity index is 1.24. The number of nitrogens with zero attached hydrogens (tertiary/aromatic N) is 4. The first-order valence-electron chi connectivity index (χ1n) is 13.8. The van der Waals surface area contributed by atoms with Gasteiger partial charge >= 0.3 is 12.1 Å². The molecule has 6 rings (SSSR count). The molecule has 43 heavy (non-hydrogen) atoms. The summed E-state index contributed by atoms with van der Waals surface area (Å²) in [7, 11) is 1.89. The van der Waals surface area contributed by atoms with Crippen molar-refractivity contribution in [1.29, 1.82) is 0 Å². The third kappa shape index (κ3) is 6.04. The van der Waals surface area contributed by atoms with Gasteiger partial charge in [0.15, 0.2) is 5.50 Å². The van der Waals surface area contributed by atoms with Crippen LogP contribution in [0.3, 0.4) is 0 Å². The molecule has 2 N–H and O–H groups in total. The van der Waals surface area contributed by atoms with Crippen LogP contribution in [0, 0.1) is 0 Å². The quantitative estimate of drug-likeness (QED) is 0.417. The number of alkyl halides is 3. The number of halogens is 3. The second-order valence-corrected chi connectivity index (χ2v) is 12.5. The third-order valence-electron chi connectivity index (χ3n) is 7.63. The number of thioether (sulfide) groups is 1. The van der Waals surface area contributed by atoms with Crippen molar-refractivity contribution in [3.63, 3.8) is 0 Å². The minimum Gasteiger partial charge on any atom is -0.378 e. The minimum atomic E-state index is -5.19. The first-order valence-corrected chi connectivity index (χ1v) is 14.7. The maximum Gasteiger partial charge on any atom is 0.493 e. The number of rotatable bonds is 6. The Morgan fingerprint density at radius 2 is 2.02 bits per heavy atom. The van der Waals surface area contributed by atoms with Gasteiger partial charge < -0.3 is 20.2 Å². The van der Waals surface area contributed by atoms with Crippen LogP contribution in [0.25, 0.3) is 10.9 Å². The molecule has 3 aliphatic rings. The molecule has 14 heteroatoms. The summed E-state index contributed by atoms with van der Waals surface area (Å²) >= 11 is 1.09. The predicted octanol–water partition coefficient (Wildman–Crippen LogP) is 4.42. The maximum absolute atomic E-state index is 13.3. The lowest BCUT2D eigenvalue weighted by Gasteiger charge is -2.42. The van der Waals surface area contributed by atoms with E-state index >= 15 is 0 Å². The average Bonchev–Trinajstić information content (AvgIpc) is 3.48. The van der Waals surface area contributed by atoms with Gasteiger partial charge in [0.1, 0.15) is 0 Å². The van der Waals surface area contributed by atoms with Crippen molar-refractivity contribution in [2.24, 2.45) is 7.05 Å². The van der Waals surface area contributed by atoms with Crippen molar-refractivity contribution in [2.75, 3.05) is 25.1 Å². The zero-order chi connectivity index (χ0) is 30.5. The van der Waals surface area contributed by atoms with Crippen LogP contribution in [-0.4, -0.2) is 74.6 Å². The Hall–Kier alpha value is -3.75. The summed E-state index contributed by atoms with van der Waals surface area (Å²) in [5, 5.41) is 12.6. The predicted molar refractivity (Wildman–Crippen MR) is 155 cm³/mol. The van der Waals surface area contributed by atoms with E-state index in [0.29, 0.717) is 26.2 Å². The molecule has 1 amide bonds. The van der Waals surface area contributed by atoms with Gasteiger partial charge in [0.05, 0.1) is 35.5 Å². The van der Waals surface area contributed by atoms with Gasteiger partial charge in [0.2, 0.25) is 0 Å². The fourth-order valence-electron chi connectivity index (χ4n) is 5.64. The summed E-state index contributed by atoms with van der Waals surface area (Å²) in [5.74, 6) is -2.73. The topological polar surface area (TPSA) is 101 Å². The van der Waals surface area contributed by atoms with E-state index in [1.807, 2.05) is 65.3 Å². The number of hydrogen-bond acceptors (Lipinski definition) is 9.